The van der Waals surface area contributed by atoms with Crippen LogP contribution in [0.1, 0.15) is 147 Å². The van der Waals surface area contributed by atoms with Gasteiger partial charge in [0.25, 0.3) is 6.71 Å². The van der Waals surface area contributed by atoms with Crippen molar-refractivity contribution in [3.8, 4) is 0 Å². The number of fused-ring (bicyclic) bond motifs is 16. The first-order valence-corrected chi connectivity index (χ1v) is 31.2. The molecular formula is C76H70BN3OS. The van der Waals surface area contributed by atoms with Gasteiger partial charge in [-0.1, -0.05) is 178 Å². The van der Waals surface area contributed by atoms with Crippen LogP contribution in [0.5, 0.6) is 0 Å². The number of para-hydroxylation sites is 2. The maximum Gasteiger partial charge on any atom is 0.252 e. The Morgan fingerprint density at radius 1 is 0.402 bits per heavy atom. The van der Waals surface area contributed by atoms with Crippen molar-refractivity contribution in [2.24, 2.45) is 0 Å². The third-order valence-corrected chi connectivity index (χ3v) is 23.4. The van der Waals surface area contributed by atoms with E-state index in [1.54, 1.807) is 0 Å². The van der Waals surface area contributed by atoms with Crippen molar-refractivity contribution >= 4 is 122 Å². The summed E-state index contributed by atoms with van der Waals surface area (Å²) in [5, 5.41) is 4.91. The number of hydrogen-bond donors (Lipinski definition) is 0. The molecule has 17 rings (SSSR count). The second-order valence-corrected chi connectivity index (χ2v) is 29.2. The smallest absolute Gasteiger partial charge is 0.252 e. The molecule has 4 nitrogen and oxygen atoms in total. The van der Waals surface area contributed by atoms with Crippen LogP contribution in [-0.4, -0.2) is 12.3 Å². The molecule has 9 aromatic carbocycles. The highest BCUT2D eigenvalue weighted by atomic mass is 32.1. The molecule has 0 saturated heterocycles. The summed E-state index contributed by atoms with van der Waals surface area (Å²) in [5.74, 6) is 0. The lowest BCUT2D eigenvalue weighted by Gasteiger charge is -2.52. The van der Waals surface area contributed by atoms with E-state index in [-0.39, 0.29) is 39.3 Å². The van der Waals surface area contributed by atoms with Crippen molar-refractivity contribution in [1.82, 2.24) is 0 Å². The molecule has 2 atom stereocenters. The molecule has 0 radical (unpaired) electrons. The minimum Gasteiger partial charge on any atom is -0.456 e. The summed E-state index contributed by atoms with van der Waals surface area (Å²) in [6.45, 7) is 25.0. The molecule has 0 amide bonds. The molecule has 5 heterocycles. The van der Waals surface area contributed by atoms with Crippen LogP contribution in [0, 0.1) is 0 Å². The largest absolute Gasteiger partial charge is 0.456 e. The van der Waals surface area contributed by atoms with E-state index < -0.39 is 0 Å². The normalized spacial score (nSPS) is 21.9. The molecule has 11 aromatic rings. The fourth-order valence-corrected chi connectivity index (χ4v) is 18.7. The molecule has 3 aliphatic carbocycles. The quantitative estimate of drug-likeness (QED) is 0.165. The predicted octanol–water partition coefficient (Wildman–Crippen LogP) is 19.1. The number of thiophene rings is 1. The maximum atomic E-state index is 6.88. The Morgan fingerprint density at radius 3 is 1.62 bits per heavy atom. The van der Waals surface area contributed by atoms with Gasteiger partial charge in [-0.25, -0.2) is 0 Å². The van der Waals surface area contributed by atoms with Crippen molar-refractivity contribution in [3.05, 3.63) is 209 Å². The average Bonchev–Trinajstić information content (AvgIpc) is 4.16. The molecular weight excluding hydrogens is 1010 g/mol. The lowest BCUT2D eigenvalue weighted by atomic mass is 9.32. The molecule has 1 fully saturated rings. The van der Waals surface area contributed by atoms with Crippen LogP contribution in [0.2, 0.25) is 0 Å². The summed E-state index contributed by atoms with van der Waals surface area (Å²) in [6.07, 6.45) is 6.99. The highest BCUT2D eigenvalue weighted by Gasteiger charge is 2.58. The molecule has 2 unspecified atom stereocenters. The number of furan rings is 1. The predicted molar refractivity (Wildman–Crippen MR) is 349 cm³/mol. The van der Waals surface area contributed by atoms with Gasteiger partial charge in [-0.2, -0.15) is 0 Å². The van der Waals surface area contributed by atoms with Gasteiger partial charge >= 0.3 is 0 Å². The monoisotopic (exact) mass is 1080 g/mol. The van der Waals surface area contributed by atoms with Crippen molar-refractivity contribution in [3.63, 3.8) is 0 Å². The van der Waals surface area contributed by atoms with E-state index in [9.17, 15) is 0 Å². The summed E-state index contributed by atoms with van der Waals surface area (Å²) in [5.41, 5.74) is 25.2. The fraction of sp³-hybridized carbons (Fsp3) is 0.289. The third-order valence-electron chi connectivity index (χ3n) is 22.3. The number of benzene rings is 9. The molecule has 0 bridgehead atoms. The summed E-state index contributed by atoms with van der Waals surface area (Å²) in [4.78, 5) is 8.33. The summed E-state index contributed by atoms with van der Waals surface area (Å²) in [7, 11) is 0. The van der Waals surface area contributed by atoms with Gasteiger partial charge in [0.15, 0.2) is 0 Å². The van der Waals surface area contributed by atoms with Crippen LogP contribution in [0.4, 0.5) is 45.5 Å². The molecule has 404 valence electrons. The van der Waals surface area contributed by atoms with Crippen molar-refractivity contribution < 1.29 is 4.42 Å². The van der Waals surface area contributed by atoms with E-state index in [4.69, 9.17) is 4.42 Å². The van der Waals surface area contributed by atoms with Crippen molar-refractivity contribution in [2.75, 3.05) is 14.7 Å². The van der Waals surface area contributed by atoms with Gasteiger partial charge < -0.3 is 19.1 Å². The number of anilines is 8. The lowest BCUT2D eigenvalue weighted by Crippen LogP contribution is -2.62. The van der Waals surface area contributed by atoms with Gasteiger partial charge in [-0.05, 0) is 165 Å². The van der Waals surface area contributed by atoms with E-state index in [2.05, 4.69) is 254 Å². The van der Waals surface area contributed by atoms with Crippen LogP contribution in [0.3, 0.4) is 0 Å². The zero-order valence-electron chi connectivity index (χ0n) is 49.1. The molecule has 6 heteroatoms. The molecule has 3 aliphatic heterocycles. The average molecular weight is 1080 g/mol. The van der Waals surface area contributed by atoms with Crippen molar-refractivity contribution in [1.29, 1.82) is 0 Å². The van der Waals surface area contributed by atoms with Crippen LogP contribution < -0.4 is 31.1 Å². The molecule has 0 N–H and O–H groups in total. The van der Waals surface area contributed by atoms with Gasteiger partial charge in [0, 0.05) is 75.9 Å². The van der Waals surface area contributed by atoms with E-state index in [1.807, 2.05) is 11.3 Å². The van der Waals surface area contributed by atoms with Crippen LogP contribution in [0.25, 0.3) is 42.1 Å². The Morgan fingerprint density at radius 2 is 0.915 bits per heavy atom. The van der Waals surface area contributed by atoms with Gasteiger partial charge in [0.2, 0.25) is 0 Å². The standard InChI is InChI=1S/C76H70BN3OS/c1-71(2)37-38-72(3,4)52-43-60-55(41-51(52)71)77-56-42-53-54(74(7,8)49-26-14-13-25-48(49)73(53,5)6)44-61(56)79(59-30-22-34-67-69(59)47-24-12-18-33-66(47)82-67)63-40-45(80-57-28-16-15-27-50(57)75(9)35-19-20-36-76(75,80)10)39-62(70(63)77)78(60)58-29-21-32-65-68(58)46-23-11-17-31-64(46)81-65/h11-18,21-34,39-44H,19-20,35-38H2,1-10H3. The van der Waals surface area contributed by atoms with Crippen LogP contribution >= 0.6 is 11.3 Å². The molecule has 2 aromatic heterocycles. The third kappa shape index (κ3) is 6.14. The lowest BCUT2D eigenvalue weighted by molar-refractivity contribution is 0.195. The summed E-state index contributed by atoms with van der Waals surface area (Å²) in [6, 6.07) is 66.6. The maximum absolute atomic E-state index is 6.88. The Labute approximate surface area is 487 Å². The first kappa shape index (κ1) is 49.1. The first-order valence-electron chi connectivity index (χ1n) is 30.4. The van der Waals surface area contributed by atoms with Crippen molar-refractivity contribution in [2.45, 2.75) is 140 Å². The minimum absolute atomic E-state index is 0.0194. The van der Waals surface area contributed by atoms with E-state index >= 15 is 0 Å². The second-order valence-electron chi connectivity index (χ2n) is 28.1. The molecule has 0 spiro atoms. The van der Waals surface area contributed by atoms with E-state index in [0.29, 0.717) is 0 Å². The number of rotatable bonds is 3. The number of hydrogen-bond acceptors (Lipinski definition) is 5. The molecule has 1 saturated carbocycles. The second kappa shape index (κ2) is 16.2. The molecule has 6 aliphatic rings. The first-order chi connectivity index (χ1) is 39.4. The van der Waals surface area contributed by atoms with Crippen LogP contribution in [-0.2, 0) is 27.1 Å². The zero-order chi connectivity index (χ0) is 55.8. The Balaban J connectivity index is 1.08. The van der Waals surface area contributed by atoms with E-state index in [1.165, 1.54) is 128 Å². The van der Waals surface area contributed by atoms with Crippen LogP contribution in [0.15, 0.2) is 174 Å². The number of nitrogens with zero attached hydrogens (tertiary/aromatic N) is 3. The zero-order valence-corrected chi connectivity index (χ0v) is 50.0. The Kier molecular flexibility index (Phi) is 9.68. The highest BCUT2D eigenvalue weighted by molar-refractivity contribution is 7.26. The molecule has 82 heavy (non-hydrogen) atoms. The van der Waals surface area contributed by atoms with Gasteiger partial charge in [-0.15, -0.1) is 11.3 Å². The topological polar surface area (TPSA) is 22.9 Å². The minimum atomic E-state index is -0.266. The van der Waals surface area contributed by atoms with Gasteiger partial charge in [-0.3, -0.25) is 0 Å². The Hall–Kier alpha value is -7.54. The SMILES string of the molecule is CC1(C)CCC(C)(C)c2cc3c(cc21)B1c2cc4c(cc2N(c2cccc5sc6ccccc6c25)c2cc(N5c6ccccc6C6(C)CCCCC56C)cc(c21)N3c1cccc2oc3ccccc3c12)C(C)(C)c1ccccc1C4(C)C. The summed E-state index contributed by atoms with van der Waals surface area (Å²) < 4.78 is 9.50. The van der Waals surface area contributed by atoms with E-state index in [0.717, 1.165) is 53.3 Å². The Bertz CT molecular complexity index is 4630. The van der Waals surface area contributed by atoms with Gasteiger partial charge in [0.05, 0.1) is 22.3 Å². The fourth-order valence-electron chi connectivity index (χ4n) is 17.6. The van der Waals surface area contributed by atoms with Gasteiger partial charge in [0.1, 0.15) is 11.2 Å². The highest BCUT2D eigenvalue weighted by Crippen LogP contribution is 2.63. The summed E-state index contributed by atoms with van der Waals surface area (Å²) >= 11 is 1.92.